The van der Waals surface area contributed by atoms with Gasteiger partial charge in [-0.3, -0.25) is 4.79 Å². The van der Waals surface area contributed by atoms with Gasteiger partial charge in [-0.15, -0.1) is 0 Å². The predicted molar refractivity (Wildman–Crippen MR) is 87.7 cm³/mol. The van der Waals surface area contributed by atoms with Gasteiger partial charge in [-0.25, -0.2) is 4.98 Å². The van der Waals surface area contributed by atoms with Gasteiger partial charge in [0.05, 0.1) is 11.0 Å². The van der Waals surface area contributed by atoms with E-state index < -0.39 is 0 Å². The third-order valence-electron chi connectivity index (χ3n) is 4.47. The van der Waals surface area contributed by atoms with Crippen molar-refractivity contribution in [1.82, 2.24) is 25.0 Å². The van der Waals surface area contributed by atoms with Crippen LogP contribution in [0.5, 0.6) is 0 Å². The predicted octanol–water partition coefficient (Wildman–Crippen LogP) is 2.58. The Morgan fingerprint density at radius 2 is 2.21 bits per heavy atom. The number of benzene rings is 1. The van der Waals surface area contributed by atoms with E-state index in [9.17, 15) is 4.79 Å². The highest BCUT2D eigenvalue weighted by Crippen LogP contribution is 2.27. The van der Waals surface area contributed by atoms with E-state index in [1.165, 1.54) is 5.56 Å². The second-order valence-corrected chi connectivity index (χ2v) is 6.37. The van der Waals surface area contributed by atoms with E-state index in [0.717, 1.165) is 29.7 Å². The summed E-state index contributed by atoms with van der Waals surface area (Å²) < 4.78 is 4.91. The van der Waals surface area contributed by atoms with E-state index in [2.05, 4.69) is 34.2 Å². The summed E-state index contributed by atoms with van der Waals surface area (Å²) in [5.41, 5.74) is 3.21. The molecular formula is C17H19N5O2. The molecule has 1 aromatic carbocycles. The van der Waals surface area contributed by atoms with Gasteiger partial charge in [0.2, 0.25) is 5.89 Å². The first-order chi connectivity index (χ1) is 11.6. The second kappa shape index (κ2) is 5.74. The molecule has 1 amide bonds. The number of aryl methyl sites for hydroxylation is 2. The third kappa shape index (κ3) is 2.66. The van der Waals surface area contributed by atoms with Crippen LogP contribution in [-0.2, 0) is 0 Å². The molecule has 1 atom stereocenters. The van der Waals surface area contributed by atoms with Crippen molar-refractivity contribution < 1.29 is 9.32 Å². The van der Waals surface area contributed by atoms with Crippen LogP contribution in [0.15, 0.2) is 22.7 Å². The number of hydrogen-bond donors (Lipinski definition) is 1. The number of piperidine rings is 1. The van der Waals surface area contributed by atoms with Crippen LogP contribution in [0.1, 0.15) is 46.7 Å². The fourth-order valence-electron chi connectivity index (χ4n) is 3.25. The number of imidazole rings is 1. The topological polar surface area (TPSA) is 87.9 Å². The minimum absolute atomic E-state index is 0.133. The molecule has 7 heteroatoms. The lowest BCUT2D eigenvalue weighted by molar-refractivity contribution is 0.0689. The van der Waals surface area contributed by atoms with Crippen molar-refractivity contribution in [3.63, 3.8) is 0 Å². The molecular weight excluding hydrogens is 306 g/mol. The number of likely N-dealkylation sites (tertiary alicyclic amines) is 1. The highest BCUT2D eigenvalue weighted by molar-refractivity contribution is 5.90. The number of carbonyl (C=O) groups excluding carboxylic acids is 1. The molecule has 24 heavy (non-hydrogen) atoms. The van der Waals surface area contributed by atoms with E-state index >= 15 is 0 Å². The zero-order valence-corrected chi connectivity index (χ0v) is 13.7. The van der Waals surface area contributed by atoms with Gasteiger partial charge in [0.1, 0.15) is 5.82 Å². The SMILES string of the molecule is Cc1ccc2nc(C3CCCN(C(=O)c4noc(C)n4)C3)[nH]c2c1. The maximum Gasteiger partial charge on any atom is 0.295 e. The number of nitrogens with zero attached hydrogens (tertiary/aromatic N) is 4. The number of aromatic amines is 1. The number of fused-ring (bicyclic) bond motifs is 1. The van der Waals surface area contributed by atoms with Gasteiger partial charge >= 0.3 is 0 Å². The third-order valence-corrected chi connectivity index (χ3v) is 4.47. The van der Waals surface area contributed by atoms with Gasteiger partial charge in [0.15, 0.2) is 0 Å². The highest BCUT2D eigenvalue weighted by Gasteiger charge is 2.29. The number of hydrogen-bond acceptors (Lipinski definition) is 5. The Labute approximate surface area is 139 Å². The standard InChI is InChI=1S/C17H19N5O2/c1-10-5-6-13-14(8-10)20-15(19-13)12-4-3-7-22(9-12)17(23)16-18-11(2)24-21-16/h5-6,8,12H,3-4,7,9H2,1-2H3,(H,19,20). The number of rotatable bonds is 2. The zero-order valence-electron chi connectivity index (χ0n) is 13.7. The van der Waals surface area contributed by atoms with Gasteiger partial charge in [0.25, 0.3) is 11.7 Å². The van der Waals surface area contributed by atoms with Crippen LogP contribution < -0.4 is 0 Å². The van der Waals surface area contributed by atoms with Crippen molar-refractivity contribution in [2.24, 2.45) is 0 Å². The number of amides is 1. The van der Waals surface area contributed by atoms with Gasteiger partial charge in [-0.1, -0.05) is 11.2 Å². The fourth-order valence-corrected chi connectivity index (χ4v) is 3.25. The Balaban J connectivity index is 1.56. The van der Waals surface area contributed by atoms with Crippen LogP contribution in [0.2, 0.25) is 0 Å². The van der Waals surface area contributed by atoms with Crippen molar-refractivity contribution in [3.8, 4) is 0 Å². The summed E-state index contributed by atoms with van der Waals surface area (Å²) in [6, 6.07) is 6.18. The lowest BCUT2D eigenvalue weighted by Gasteiger charge is -2.30. The molecule has 0 spiro atoms. The van der Waals surface area contributed by atoms with Crippen LogP contribution >= 0.6 is 0 Å². The van der Waals surface area contributed by atoms with Gasteiger partial charge in [-0.05, 0) is 37.5 Å². The molecule has 7 nitrogen and oxygen atoms in total. The summed E-state index contributed by atoms with van der Waals surface area (Å²) in [4.78, 5) is 26.5. The summed E-state index contributed by atoms with van der Waals surface area (Å²) in [6.45, 7) is 5.07. The molecule has 1 unspecified atom stereocenters. The Kier molecular flexibility index (Phi) is 3.55. The molecule has 1 saturated heterocycles. The molecule has 0 saturated carbocycles. The minimum atomic E-state index is -0.177. The molecule has 0 aliphatic carbocycles. The van der Waals surface area contributed by atoms with Gasteiger partial charge in [-0.2, -0.15) is 4.98 Å². The number of aromatic nitrogens is 4. The normalized spacial score (nSPS) is 18.2. The van der Waals surface area contributed by atoms with E-state index in [0.29, 0.717) is 19.0 Å². The molecule has 4 rings (SSSR count). The van der Waals surface area contributed by atoms with Crippen molar-refractivity contribution in [2.45, 2.75) is 32.6 Å². The number of carbonyl (C=O) groups is 1. The zero-order chi connectivity index (χ0) is 16.7. The summed E-state index contributed by atoms with van der Waals surface area (Å²) >= 11 is 0. The largest absolute Gasteiger partial charge is 0.342 e. The number of H-pyrrole nitrogens is 1. The second-order valence-electron chi connectivity index (χ2n) is 6.37. The summed E-state index contributed by atoms with van der Waals surface area (Å²) in [6.07, 6.45) is 1.94. The molecule has 0 radical (unpaired) electrons. The smallest absolute Gasteiger partial charge is 0.295 e. The lowest BCUT2D eigenvalue weighted by Crippen LogP contribution is -2.39. The summed E-state index contributed by atoms with van der Waals surface area (Å²) in [5, 5.41) is 3.73. The Morgan fingerprint density at radius 3 is 3.00 bits per heavy atom. The Bertz CT molecular complexity index is 897. The lowest BCUT2D eigenvalue weighted by atomic mass is 9.97. The monoisotopic (exact) mass is 325 g/mol. The molecule has 3 heterocycles. The molecule has 1 N–H and O–H groups in total. The van der Waals surface area contributed by atoms with E-state index in [1.54, 1.807) is 11.8 Å². The van der Waals surface area contributed by atoms with Crippen LogP contribution in [0, 0.1) is 13.8 Å². The van der Waals surface area contributed by atoms with Crippen molar-refractivity contribution in [1.29, 1.82) is 0 Å². The van der Waals surface area contributed by atoms with Crippen LogP contribution in [0.25, 0.3) is 11.0 Å². The Morgan fingerprint density at radius 1 is 1.33 bits per heavy atom. The summed E-state index contributed by atoms with van der Waals surface area (Å²) in [5.74, 6) is 1.50. The highest BCUT2D eigenvalue weighted by atomic mass is 16.5. The van der Waals surface area contributed by atoms with E-state index in [1.807, 2.05) is 6.07 Å². The molecule has 1 aliphatic heterocycles. The average Bonchev–Trinajstić information content (AvgIpc) is 3.20. The first kappa shape index (κ1) is 14.9. The average molecular weight is 325 g/mol. The summed E-state index contributed by atoms with van der Waals surface area (Å²) in [7, 11) is 0. The molecule has 1 fully saturated rings. The van der Waals surface area contributed by atoms with Crippen molar-refractivity contribution in [2.75, 3.05) is 13.1 Å². The van der Waals surface area contributed by atoms with Gasteiger partial charge < -0.3 is 14.4 Å². The molecule has 124 valence electrons. The van der Waals surface area contributed by atoms with E-state index in [4.69, 9.17) is 9.51 Å². The first-order valence-electron chi connectivity index (χ1n) is 8.16. The maximum absolute atomic E-state index is 12.5. The molecule has 3 aromatic rings. The van der Waals surface area contributed by atoms with Gasteiger partial charge in [0, 0.05) is 25.9 Å². The fraction of sp³-hybridized carbons (Fsp3) is 0.412. The van der Waals surface area contributed by atoms with Crippen LogP contribution in [0.3, 0.4) is 0 Å². The van der Waals surface area contributed by atoms with Crippen molar-refractivity contribution >= 4 is 16.9 Å². The van der Waals surface area contributed by atoms with Crippen LogP contribution in [-0.4, -0.2) is 44.0 Å². The quantitative estimate of drug-likeness (QED) is 0.782. The number of nitrogens with one attached hydrogen (secondary N) is 1. The molecule has 2 aromatic heterocycles. The van der Waals surface area contributed by atoms with Crippen molar-refractivity contribution in [3.05, 3.63) is 41.3 Å². The Hall–Kier alpha value is -2.70. The molecule has 1 aliphatic rings. The maximum atomic E-state index is 12.5. The molecule has 0 bridgehead atoms. The first-order valence-corrected chi connectivity index (χ1v) is 8.16. The van der Waals surface area contributed by atoms with Crippen LogP contribution in [0.4, 0.5) is 0 Å². The minimum Gasteiger partial charge on any atom is -0.342 e. The van der Waals surface area contributed by atoms with E-state index in [-0.39, 0.29) is 17.6 Å².